The van der Waals surface area contributed by atoms with E-state index in [1.807, 2.05) is 6.20 Å². The first-order valence-corrected chi connectivity index (χ1v) is 12.6. The monoisotopic (exact) mass is 444 g/mol. The molecule has 0 N–H and O–H groups in total. The van der Waals surface area contributed by atoms with Gasteiger partial charge in [0.15, 0.2) is 0 Å². The number of benzene rings is 2. The van der Waals surface area contributed by atoms with E-state index in [-0.39, 0.29) is 0 Å². The van der Waals surface area contributed by atoms with Gasteiger partial charge in [0.05, 0.1) is 0 Å². The summed E-state index contributed by atoms with van der Waals surface area (Å²) in [6, 6.07) is 15.8. The number of nitrogens with zero attached hydrogens (tertiary/aromatic N) is 2. The smallest absolute Gasteiger partial charge is 0.144 e. The first-order chi connectivity index (χ1) is 16.6. The number of hydrogen-bond donors (Lipinski definition) is 0. The second-order valence-corrected chi connectivity index (χ2v) is 10.3. The Hall–Kier alpha value is -3.39. The molecule has 0 bridgehead atoms. The van der Waals surface area contributed by atoms with Crippen LogP contribution in [0.5, 0.6) is 0 Å². The molecule has 2 atom stereocenters. The number of hydrogen-bond acceptors (Lipinski definition) is 1. The van der Waals surface area contributed by atoms with Crippen molar-refractivity contribution in [3.05, 3.63) is 113 Å². The van der Waals surface area contributed by atoms with E-state index in [1.165, 1.54) is 50.2 Å². The van der Waals surface area contributed by atoms with Crippen LogP contribution < -0.4 is 0 Å². The van der Waals surface area contributed by atoms with Gasteiger partial charge in [-0.1, -0.05) is 73.7 Å². The van der Waals surface area contributed by atoms with Crippen molar-refractivity contribution >= 4 is 11.3 Å². The Labute approximate surface area is 203 Å². The maximum atomic E-state index is 4.75. The van der Waals surface area contributed by atoms with Crippen LogP contribution in [0.4, 0.5) is 0 Å². The third-order valence-electron chi connectivity index (χ3n) is 7.67. The van der Waals surface area contributed by atoms with Crippen molar-refractivity contribution in [2.75, 3.05) is 0 Å². The molecule has 2 unspecified atom stereocenters. The third kappa shape index (κ3) is 3.62. The molecule has 34 heavy (non-hydrogen) atoms. The zero-order chi connectivity index (χ0) is 23.2. The SMILES string of the molecule is CC1=CC(Cc2cccc3c2Cc2ccccc2-3)CC(C)=C1n1ccnc1C1=CC(C)CC=C1. The lowest BCUT2D eigenvalue weighted by atomic mass is 9.83. The van der Waals surface area contributed by atoms with Crippen molar-refractivity contribution in [3.63, 3.8) is 0 Å². The lowest BCUT2D eigenvalue weighted by Crippen LogP contribution is -2.14. The topological polar surface area (TPSA) is 17.8 Å². The Balaban J connectivity index is 1.28. The Morgan fingerprint density at radius 1 is 1.00 bits per heavy atom. The van der Waals surface area contributed by atoms with E-state index in [9.17, 15) is 0 Å². The summed E-state index contributed by atoms with van der Waals surface area (Å²) in [6.45, 7) is 6.85. The van der Waals surface area contributed by atoms with E-state index in [2.05, 4.69) is 98.3 Å². The predicted molar refractivity (Wildman–Crippen MR) is 142 cm³/mol. The first-order valence-electron chi connectivity index (χ1n) is 12.6. The first kappa shape index (κ1) is 21.2. The maximum Gasteiger partial charge on any atom is 0.144 e. The fourth-order valence-corrected chi connectivity index (χ4v) is 6.23. The molecule has 170 valence electrons. The molecule has 1 heterocycles. The second-order valence-electron chi connectivity index (χ2n) is 10.3. The molecule has 3 aliphatic rings. The van der Waals surface area contributed by atoms with Crippen LogP contribution in [0.25, 0.3) is 22.4 Å². The van der Waals surface area contributed by atoms with Gasteiger partial charge in [-0.05, 0) is 90.3 Å². The van der Waals surface area contributed by atoms with Gasteiger partial charge in [-0.15, -0.1) is 0 Å². The average Bonchev–Trinajstić information content (AvgIpc) is 3.44. The fraction of sp³-hybridized carbons (Fsp3) is 0.281. The molecule has 0 fully saturated rings. The summed E-state index contributed by atoms with van der Waals surface area (Å²) in [6.07, 6.45) is 17.8. The number of aromatic nitrogens is 2. The average molecular weight is 445 g/mol. The van der Waals surface area contributed by atoms with Gasteiger partial charge in [0.25, 0.3) is 0 Å². The minimum atomic E-state index is 0.528. The third-order valence-corrected chi connectivity index (χ3v) is 7.67. The van der Waals surface area contributed by atoms with Crippen molar-refractivity contribution in [3.8, 4) is 11.1 Å². The highest BCUT2D eigenvalue weighted by atomic mass is 15.1. The van der Waals surface area contributed by atoms with Gasteiger partial charge in [-0.2, -0.15) is 0 Å². The summed E-state index contributed by atoms with van der Waals surface area (Å²) < 4.78 is 2.31. The molecular formula is C32H32N2. The van der Waals surface area contributed by atoms with Crippen LogP contribution in [-0.4, -0.2) is 9.55 Å². The summed E-state index contributed by atoms with van der Waals surface area (Å²) in [5.74, 6) is 2.15. The Bertz CT molecular complexity index is 1390. The van der Waals surface area contributed by atoms with E-state index < -0.39 is 0 Å². The summed E-state index contributed by atoms with van der Waals surface area (Å²) in [5.41, 5.74) is 12.7. The largest absolute Gasteiger partial charge is 0.300 e. The lowest BCUT2D eigenvalue weighted by Gasteiger charge is -2.26. The summed E-state index contributed by atoms with van der Waals surface area (Å²) in [4.78, 5) is 4.75. The number of allylic oxidation sites excluding steroid dienone is 8. The molecule has 0 spiro atoms. The van der Waals surface area contributed by atoms with Crippen LogP contribution in [0.15, 0.2) is 90.3 Å². The molecule has 2 nitrogen and oxygen atoms in total. The molecule has 0 radical (unpaired) electrons. The minimum absolute atomic E-state index is 0.528. The van der Waals surface area contributed by atoms with Gasteiger partial charge in [0.2, 0.25) is 0 Å². The molecule has 0 saturated heterocycles. The molecule has 3 aliphatic carbocycles. The van der Waals surface area contributed by atoms with E-state index in [1.54, 1.807) is 0 Å². The highest BCUT2D eigenvalue weighted by molar-refractivity contribution is 5.79. The molecular weight excluding hydrogens is 412 g/mol. The Kier molecular flexibility index (Phi) is 5.25. The van der Waals surface area contributed by atoms with Crippen LogP contribution in [-0.2, 0) is 12.8 Å². The van der Waals surface area contributed by atoms with Crippen molar-refractivity contribution in [2.45, 2.75) is 46.5 Å². The normalized spacial score (nSPS) is 21.3. The quantitative estimate of drug-likeness (QED) is 0.313. The van der Waals surface area contributed by atoms with Gasteiger partial charge in [0, 0.05) is 23.7 Å². The highest BCUT2D eigenvalue weighted by Gasteiger charge is 2.25. The van der Waals surface area contributed by atoms with E-state index in [4.69, 9.17) is 4.98 Å². The molecule has 6 rings (SSSR count). The van der Waals surface area contributed by atoms with Crippen LogP contribution >= 0.6 is 0 Å². The van der Waals surface area contributed by atoms with Gasteiger partial charge >= 0.3 is 0 Å². The van der Waals surface area contributed by atoms with Gasteiger partial charge < -0.3 is 0 Å². The Morgan fingerprint density at radius 3 is 2.71 bits per heavy atom. The molecule has 0 aliphatic heterocycles. The van der Waals surface area contributed by atoms with Crippen LogP contribution in [0, 0.1) is 11.8 Å². The molecule has 2 heteroatoms. The molecule has 0 saturated carbocycles. The molecule has 1 aromatic heterocycles. The van der Waals surface area contributed by atoms with Gasteiger partial charge in [-0.3, -0.25) is 4.57 Å². The second kappa shape index (κ2) is 8.43. The van der Waals surface area contributed by atoms with E-state index in [0.717, 1.165) is 31.5 Å². The molecule has 2 aromatic carbocycles. The van der Waals surface area contributed by atoms with Crippen molar-refractivity contribution in [1.29, 1.82) is 0 Å². The standard InChI is InChI=1S/C32H32N2/c1-21-8-6-11-27(16-21)32-33-14-15-34(32)31-22(2)17-24(18-23(31)3)19-25-10-7-13-29-28-12-5-4-9-26(28)20-30(25)29/h4-7,9-17,21,24H,8,18-20H2,1-3H3. The van der Waals surface area contributed by atoms with Gasteiger partial charge in [-0.25, -0.2) is 4.98 Å². The maximum absolute atomic E-state index is 4.75. The fourth-order valence-electron chi connectivity index (χ4n) is 6.23. The summed E-state index contributed by atoms with van der Waals surface area (Å²) in [7, 11) is 0. The van der Waals surface area contributed by atoms with Crippen molar-refractivity contribution in [1.82, 2.24) is 9.55 Å². The van der Waals surface area contributed by atoms with E-state index in [0.29, 0.717) is 11.8 Å². The zero-order valence-corrected chi connectivity index (χ0v) is 20.4. The van der Waals surface area contributed by atoms with Crippen molar-refractivity contribution < 1.29 is 0 Å². The van der Waals surface area contributed by atoms with Crippen LogP contribution in [0.3, 0.4) is 0 Å². The zero-order valence-electron chi connectivity index (χ0n) is 20.4. The van der Waals surface area contributed by atoms with Gasteiger partial charge in [0.1, 0.15) is 5.82 Å². The molecule has 0 amide bonds. The highest BCUT2D eigenvalue weighted by Crippen LogP contribution is 2.41. The number of imidazole rings is 1. The van der Waals surface area contributed by atoms with Crippen LogP contribution in [0.2, 0.25) is 0 Å². The summed E-state index contributed by atoms with van der Waals surface area (Å²) in [5, 5.41) is 0. The lowest BCUT2D eigenvalue weighted by molar-refractivity contribution is 0.623. The van der Waals surface area contributed by atoms with Crippen molar-refractivity contribution in [2.24, 2.45) is 11.8 Å². The predicted octanol–water partition coefficient (Wildman–Crippen LogP) is 7.87. The van der Waals surface area contributed by atoms with E-state index >= 15 is 0 Å². The van der Waals surface area contributed by atoms with Crippen LogP contribution in [0.1, 0.15) is 56.1 Å². The number of rotatable bonds is 4. The minimum Gasteiger partial charge on any atom is -0.300 e. The Morgan fingerprint density at radius 2 is 1.85 bits per heavy atom. The summed E-state index contributed by atoms with van der Waals surface area (Å²) >= 11 is 0. The number of fused-ring (bicyclic) bond motifs is 3. The molecule has 3 aromatic rings.